The van der Waals surface area contributed by atoms with Gasteiger partial charge in [-0.2, -0.15) is 5.26 Å². The normalized spacial score (nSPS) is 15.1. The molecule has 0 bridgehead atoms. The van der Waals surface area contributed by atoms with Crippen LogP contribution in [0.3, 0.4) is 0 Å². The molecule has 0 aromatic heterocycles. The number of aliphatic hydroxyl groups excluding tert-OH is 1. The van der Waals surface area contributed by atoms with Crippen LogP contribution in [-0.2, 0) is 4.79 Å². The maximum Gasteiger partial charge on any atom is 0.253 e. The molecule has 1 heterocycles. The lowest BCUT2D eigenvalue weighted by atomic mass is 9.88. The fourth-order valence-corrected chi connectivity index (χ4v) is 4.35. The third-order valence-corrected chi connectivity index (χ3v) is 6.20. The average molecular weight is 463 g/mol. The minimum absolute atomic E-state index is 0.000899. The zero-order valence-electron chi connectivity index (χ0n) is 20.0. The summed E-state index contributed by atoms with van der Waals surface area (Å²) in [7, 11) is 0. The van der Waals surface area contributed by atoms with E-state index >= 15 is 0 Å². The minimum Gasteiger partial charge on any atom is -0.395 e. The number of carbonyl (C=O) groups excluding carboxylic acids is 2. The molecule has 0 aliphatic carbocycles. The van der Waals surface area contributed by atoms with E-state index in [0.29, 0.717) is 37.5 Å². The number of hydrogen-bond acceptors (Lipinski definition) is 5. The molecule has 2 aromatic carbocycles. The molecule has 7 heteroatoms. The van der Waals surface area contributed by atoms with E-state index in [4.69, 9.17) is 10.4 Å². The largest absolute Gasteiger partial charge is 0.395 e. The fraction of sp³-hybridized carbons (Fsp3) is 0.444. The number of β-amino-alcohol motifs (C(OH)–C–C–N with tert-alkyl or cyclic N) is 1. The van der Waals surface area contributed by atoms with Gasteiger partial charge in [0.15, 0.2) is 0 Å². The van der Waals surface area contributed by atoms with Gasteiger partial charge in [-0.25, -0.2) is 0 Å². The quantitative estimate of drug-likeness (QED) is 0.559. The van der Waals surface area contributed by atoms with Crippen LogP contribution in [0.15, 0.2) is 48.5 Å². The lowest BCUT2D eigenvalue weighted by Crippen LogP contribution is -2.49. The summed E-state index contributed by atoms with van der Waals surface area (Å²) in [4.78, 5) is 29.6. The third kappa shape index (κ3) is 6.66. The number of nitrogens with one attached hydrogen (secondary N) is 1. The van der Waals surface area contributed by atoms with Crippen molar-refractivity contribution >= 4 is 11.8 Å². The lowest BCUT2D eigenvalue weighted by molar-refractivity contribution is -0.122. The Kier molecular flexibility index (Phi) is 9.20. The molecule has 1 aliphatic rings. The molecular weight excluding hydrogens is 428 g/mol. The number of carbonyl (C=O) groups is 2. The summed E-state index contributed by atoms with van der Waals surface area (Å²) in [6.45, 7) is 7.81. The summed E-state index contributed by atoms with van der Waals surface area (Å²) in [6, 6.07) is 17.5. The molecule has 0 spiro atoms. The lowest BCUT2D eigenvalue weighted by Gasteiger charge is -2.34. The maximum absolute atomic E-state index is 12.9. The topological polar surface area (TPSA) is 96.7 Å². The van der Waals surface area contributed by atoms with Crippen molar-refractivity contribution in [2.24, 2.45) is 5.92 Å². The van der Waals surface area contributed by atoms with Crippen LogP contribution in [0, 0.1) is 17.2 Å². The first-order valence-electron chi connectivity index (χ1n) is 11.9. The second-order valence-corrected chi connectivity index (χ2v) is 9.12. The van der Waals surface area contributed by atoms with Gasteiger partial charge in [-0.15, -0.1) is 0 Å². The van der Waals surface area contributed by atoms with E-state index in [2.05, 4.69) is 24.1 Å². The van der Waals surface area contributed by atoms with Crippen LogP contribution < -0.4 is 5.32 Å². The smallest absolute Gasteiger partial charge is 0.253 e. The van der Waals surface area contributed by atoms with Crippen LogP contribution in [-0.4, -0.2) is 72.6 Å². The van der Waals surface area contributed by atoms with Gasteiger partial charge >= 0.3 is 0 Å². The third-order valence-electron chi connectivity index (χ3n) is 6.20. The van der Waals surface area contributed by atoms with Gasteiger partial charge in [0.25, 0.3) is 5.91 Å². The van der Waals surface area contributed by atoms with Crippen LogP contribution in [0.2, 0.25) is 0 Å². The highest BCUT2D eigenvalue weighted by Gasteiger charge is 2.23. The molecule has 1 unspecified atom stereocenters. The van der Waals surface area contributed by atoms with Gasteiger partial charge in [0, 0.05) is 38.3 Å². The van der Waals surface area contributed by atoms with E-state index in [-0.39, 0.29) is 30.9 Å². The first-order valence-corrected chi connectivity index (χ1v) is 11.9. The molecule has 2 amide bonds. The zero-order valence-corrected chi connectivity index (χ0v) is 20.0. The molecule has 1 aliphatic heterocycles. The predicted octanol–water partition coefficient (Wildman–Crippen LogP) is 2.87. The molecule has 2 aromatic rings. The highest BCUT2D eigenvalue weighted by molar-refractivity contribution is 5.94. The molecule has 7 nitrogen and oxygen atoms in total. The van der Waals surface area contributed by atoms with Crippen molar-refractivity contribution in [2.75, 3.05) is 45.9 Å². The van der Waals surface area contributed by atoms with Gasteiger partial charge in [-0.1, -0.05) is 50.2 Å². The maximum atomic E-state index is 12.9. The molecule has 1 fully saturated rings. The molecule has 2 N–H and O–H groups in total. The molecule has 180 valence electrons. The van der Waals surface area contributed by atoms with Crippen LogP contribution in [0.5, 0.6) is 0 Å². The van der Waals surface area contributed by atoms with Gasteiger partial charge in [0.1, 0.15) is 6.54 Å². The van der Waals surface area contributed by atoms with E-state index in [1.54, 1.807) is 0 Å². The molecule has 3 rings (SSSR count). The van der Waals surface area contributed by atoms with Gasteiger partial charge < -0.3 is 15.3 Å². The van der Waals surface area contributed by atoms with Crippen LogP contribution in [0.25, 0.3) is 11.1 Å². The standard InChI is InChI=1S/C27H34N4O3/c1-20(2)18-25(26(33)29-11-10-28)24-5-3-4-23(19-24)21-6-8-22(9-7-21)27(34)31-14-12-30(13-15-31)16-17-32/h3-9,19-20,25,32H,11-18H2,1-2H3,(H,29,33). The first-order chi connectivity index (χ1) is 16.4. The summed E-state index contributed by atoms with van der Waals surface area (Å²) >= 11 is 0. The van der Waals surface area contributed by atoms with Crippen molar-refractivity contribution in [1.82, 2.24) is 15.1 Å². The fourth-order valence-electron chi connectivity index (χ4n) is 4.35. The van der Waals surface area contributed by atoms with Gasteiger partial charge in [0.05, 0.1) is 18.6 Å². The summed E-state index contributed by atoms with van der Waals surface area (Å²) in [6.07, 6.45) is 0.694. The van der Waals surface area contributed by atoms with Crippen molar-refractivity contribution in [2.45, 2.75) is 26.2 Å². The SMILES string of the molecule is CC(C)CC(C(=O)NCC#N)c1cccc(-c2ccc(C(=O)N3CCN(CCO)CC3)cc2)c1. The summed E-state index contributed by atoms with van der Waals surface area (Å²) < 4.78 is 0. The minimum atomic E-state index is -0.321. The average Bonchev–Trinajstić information content (AvgIpc) is 2.86. The molecule has 0 radical (unpaired) electrons. The second kappa shape index (κ2) is 12.3. The Labute approximate surface area is 202 Å². The van der Waals surface area contributed by atoms with Gasteiger partial charge in [-0.05, 0) is 41.2 Å². The zero-order chi connectivity index (χ0) is 24.5. The van der Waals surface area contributed by atoms with E-state index in [9.17, 15) is 9.59 Å². The monoisotopic (exact) mass is 462 g/mol. The van der Waals surface area contributed by atoms with E-state index < -0.39 is 0 Å². The van der Waals surface area contributed by atoms with Gasteiger partial charge in [-0.3, -0.25) is 14.5 Å². The molecule has 1 saturated heterocycles. The number of aliphatic hydroxyl groups is 1. The van der Waals surface area contributed by atoms with E-state index in [0.717, 1.165) is 29.8 Å². The molecular formula is C27H34N4O3. The van der Waals surface area contributed by atoms with Crippen molar-refractivity contribution in [3.8, 4) is 17.2 Å². The van der Waals surface area contributed by atoms with E-state index in [1.165, 1.54) is 0 Å². The Morgan fingerprint density at radius 3 is 2.38 bits per heavy atom. The van der Waals surface area contributed by atoms with Crippen LogP contribution in [0.1, 0.15) is 42.1 Å². The van der Waals surface area contributed by atoms with Crippen LogP contribution >= 0.6 is 0 Å². The van der Waals surface area contributed by atoms with Crippen molar-refractivity contribution in [3.05, 3.63) is 59.7 Å². The number of amides is 2. The van der Waals surface area contributed by atoms with Crippen LogP contribution in [0.4, 0.5) is 0 Å². The Bertz CT molecular complexity index is 1010. The van der Waals surface area contributed by atoms with E-state index in [1.807, 2.05) is 59.5 Å². The second-order valence-electron chi connectivity index (χ2n) is 9.12. The summed E-state index contributed by atoms with van der Waals surface area (Å²) in [5.74, 6) is -0.0986. The summed E-state index contributed by atoms with van der Waals surface area (Å²) in [5.41, 5.74) is 3.54. The van der Waals surface area contributed by atoms with Crippen molar-refractivity contribution < 1.29 is 14.7 Å². The predicted molar refractivity (Wildman–Crippen MR) is 132 cm³/mol. The van der Waals surface area contributed by atoms with Crippen molar-refractivity contribution in [1.29, 1.82) is 5.26 Å². The molecule has 0 saturated carbocycles. The number of hydrogen-bond donors (Lipinski definition) is 2. The number of piperazine rings is 1. The number of benzene rings is 2. The number of rotatable bonds is 9. The highest BCUT2D eigenvalue weighted by atomic mass is 16.3. The number of nitrogens with zero attached hydrogens (tertiary/aromatic N) is 3. The highest BCUT2D eigenvalue weighted by Crippen LogP contribution is 2.29. The Morgan fingerprint density at radius 2 is 1.76 bits per heavy atom. The summed E-state index contributed by atoms with van der Waals surface area (Å²) in [5, 5.41) is 20.6. The van der Waals surface area contributed by atoms with Gasteiger partial charge in [0.2, 0.25) is 5.91 Å². The molecule has 34 heavy (non-hydrogen) atoms. The Balaban J connectivity index is 1.73. The molecule has 1 atom stereocenters. The first kappa shape index (κ1) is 25.4. The van der Waals surface area contributed by atoms with Crippen molar-refractivity contribution in [3.63, 3.8) is 0 Å². The Morgan fingerprint density at radius 1 is 1.06 bits per heavy atom. The Hall–Kier alpha value is -3.21. The number of nitriles is 1.